The van der Waals surface area contributed by atoms with Crippen molar-refractivity contribution in [1.29, 1.82) is 0 Å². The van der Waals surface area contributed by atoms with Crippen molar-refractivity contribution in [3.8, 4) is 5.75 Å². The first-order valence-corrected chi connectivity index (χ1v) is 11.0. The highest BCUT2D eigenvalue weighted by Gasteiger charge is 2.57. The summed E-state index contributed by atoms with van der Waals surface area (Å²) in [6.07, 6.45) is 5.12. The third kappa shape index (κ3) is 3.11. The smallest absolute Gasteiger partial charge is 0.144 e. The van der Waals surface area contributed by atoms with Crippen molar-refractivity contribution >= 4 is 5.78 Å². The minimum Gasteiger partial charge on any atom is -0.489 e. The second kappa shape index (κ2) is 7.28. The lowest BCUT2D eigenvalue weighted by Gasteiger charge is -2.48. The van der Waals surface area contributed by atoms with Crippen LogP contribution in [0.15, 0.2) is 48.5 Å². The summed E-state index contributed by atoms with van der Waals surface area (Å²) >= 11 is 0. The van der Waals surface area contributed by atoms with E-state index in [0.29, 0.717) is 30.1 Å². The van der Waals surface area contributed by atoms with Crippen LogP contribution in [0.4, 0.5) is 0 Å². The number of ether oxygens (including phenoxy) is 1. The van der Waals surface area contributed by atoms with Gasteiger partial charge in [-0.3, -0.25) is 4.79 Å². The fourth-order valence-corrected chi connectivity index (χ4v) is 6.49. The van der Waals surface area contributed by atoms with Crippen LogP contribution in [0.1, 0.15) is 55.2 Å². The molecule has 3 aliphatic rings. The van der Waals surface area contributed by atoms with E-state index in [9.17, 15) is 9.90 Å². The average molecular weight is 391 g/mol. The van der Waals surface area contributed by atoms with Crippen molar-refractivity contribution in [2.45, 2.75) is 51.6 Å². The number of carbonyl (C=O) groups is 1. The molecule has 0 radical (unpaired) electrons. The summed E-state index contributed by atoms with van der Waals surface area (Å²) in [7, 11) is 0. The number of aliphatic hydroxyl groups excluding tert-OH is 1. The van der Waals surface area contributed by atoms with E-state index in [1.165, 1.54) is 16.7 Å². The minimum atomic E-state index is -0.217. The predicted molar refractivity (Wildman–Crippen MR) is 113 cm³/mol. The summed E-state index contributed by atoms with van der Waals surface area (Å²) < 4.78 is 6.05. The molecule has 0 aliphatic heterocycles. The van der Waals surface area contributed by atoms with Crippen LogP contribution in [0.3, 0.4) is 0 Å². The quantitative estimate of drug-likeness (QED) is 0.807. The van der Waals surface area contributed by atoms with Gasteiger partial charge < -0.3 is 9.84 Å². The molecule has 0 saturated heterocycles. The maximum absolute atomic E-state index is 12.9. The molecule has 2 aromatic carbocycles. The zero-order chi connectivity index (χ0) is 20.0. The van der Waals surface area contributed by atoms with Gasteiger partial charge in [-0.2, -0.15) is 0 Å². The van der Waals surface area contributed by atoms with Crippen LogP contribution >= 0.6 is 0 Å². The molecule has 2 aromatic rings. The maximum atomic E-state index is 12.9. The van der Waals surface area contributed by atoms with Gasteiger partial charge in [0.15, 0.2) is 0 Å². The molecule has 3 heteroatoms. The number of fused-ring (bicyclic) bond motifs is 5. The average Bonchev–Trinajstić information content (AvgIpc) is 3.03. The third-order valence-corrected chi connectivity index (χ3v) is 8.03. The molecule has 0 bridgehead atoms. The topological polar surface area (TPSA) is 46.5 Å². The van der Waals surface area contributed by atoms with Gasteiger partial charge in [0.2, 0.25) is 0 Å². The molecule has 3 aliphatic carbocycles. The van der Waals surface area contributed by atoms with Gasteiger partial charge in [0.1, 0.15) is 18.1 Å². The lowest BCUT2D eigenvalue weighted by atomic mass is 9.55. The molecule has 29 heavy (non-hydrogen) atoms. The highest BCUT2D eigenvalue weighted by Crippen LogP contribution is 2.60. The molecule has 0 amide bonds. The van der Waals surface area contributed by atoms with Crippen LogP contribution < -0.4 is 4.74 Å². The standard InChI is InChI=1S/C26H30O3/c1-26-12-11-22-21-10-8-20(29-16-17-5-3-2-4-6-17)13-18(21)7-9-23(22)24(26)14-19(15-27)25(26)28/h2-6,8,10,13,19,22-24,27H,7,9,11-12,14-16H2,1H3/t19?,22-,23-,24+,26-/m1/s1. The van der Waals surface area contributed by atoms with Gasteiger partial charge in [0.25, 0.3) is 0 Å². The Labute approximate surface area is 173 Å². The van der Waals surface area contributed by atoms with Crippen LogP contribution in [0.25, 0.3) is 0 Å². The molecule has 1 unspecified atom stereocenters. The Hall–Kier alpha value is -2.13. The van der Waals surface area contributed by atoms with E-state index in [4.69, 9.17) is 4.74 Å². The minimum absolute atomic E-state index is 0.0149. The van der Waals surface area contributed by atoms with E-state index in [0.717, 1.165) is 37.9 Å². The molecular weight excluding hydrogens is 360 g/mol. The monoisotopic (exact) mass is 390 g/mol. The zero-order valence-corrected chi connectivity index (χ0v) is 17.1. The number of rotatable bonds is 4. The van der Waals surface area contributed by atoms with Gasteiger partial charge in [-0.05, 0) is 78.7 Å². The molecule has 0 heterocycles. The first-order chi connectivity index (χ1) is 14.1. The van der Waals surface area contributed by atoms with Gasteiger partial charge in [0.05, 0.1) is 6.61 Å². The fourth-order valence-electron chi connectivity index (χ4n) is 6.49. The zero-order valence-electron chi connectivity index (χ0n) is 17.1. The van der Waals surface area contributed by atoms with Gasteiger partial charge in [-0.25, -0.2) is 0 Å². The van der Waals surface area contributed by atoms with Crippen molar-refractivity contribution in [3.63, 3.8) is 0 Å². The van der Waals surface area contributed by atoms with E-state index in [-0.39, 0.29) is 17.9 Å². The third-order valence-electron chi connectivity index (χ3n) is 8.03. The summed E-state index contributed by atoms with van der Waals surface area (Å²) in [5.41, 5.74) is 3.85. The molecule has 0 spiro atoms. The van der Waals surface area contributed by atoms with Crippen molar-refractivity contribution in [2.75, 3.05) is 6.61 Å². The summed E-state index contributed by atoms with van der Waals surface area (Å²) in [6.45, 7) is 2.78. The Bertz CT molecular complexity index is 905. The van der Waals surface area contributed by atoms with Gasteiger partial charge in [-0.1, -0.05) is 43.3 Å². The van der Waals surface area contributed by atoms with Crippen molar-refractivity contribution in [2.24, 2.45) is 23.2 Å². The molecule has 5 atom stereocenters. The Morgan fingerprint density at radius 1 is 1.14 bits per heavy atom. The van der Waals surface area contributed by atoms with E-state index in [1.807, 2.05) is 18.2 Å². The SMILES string of the molecule is C[C@@]12CC[C@@H]3c4ccc(OCc5ccccc5)cc4CC[C@H]3[C@@H]1CC(CO)C2=O. The van der Waals surface area contributed by atoms with Gasteiger partial charge in [0, 0.05) is 11.3 Å². The van der Waals surface area contributed by atoms with Crippen LogP contribution in [-0.4, -0.2) is 17.5 Å². The lowest BCUT2D eigenvalue weighted by Crippen LogP contribution is -2.42. The van der Waals surface area contributed by atoms with Crippen molar-refractivity contribution < 1.29 is 14.6 Å². The number of benzene rings is 2. The number of hydrogen-bond donors (Lipinski definition) is 1. The Morgan fingerprint density at radius 2 is 1.97 bits per heavy atom. The molecule has 0 aromatic heterocycles. The predicted octanol–water partition coefficient (Wildman–Crippen LogP) is 4.91. The summed E-state index contributed by atoms with van der Waals surface area (Å²) in [6, 6.07) is 16.9. The normalized spacial score (nSPS) is 33.0. The summed E-state index contributed by atoms with van der Waals surface area (Å²) in [4.78, 5) is 12.9. The highest BCUT2D eigenvalue weighted by molar-refractivity contribution is 5.89. The first kappa shape index (κ1) is 18.9. The number of hydrogen-bond acceptors (Lipinski definition) is 3. The molecule has 1 N–H and O–H groups in total. The largest absolute Gasteiger partial charge is 0.489 e. The molecule has 5 rings (SSSR count). The van der Waals surface area contributed by atoms with Gasteiger partial charge >= 0.3 is 0 Å². The fraction of sp³-hybridized carbons (Fsp3) is 0.500. The van der Waals surface area contributed by atoms with Gasteiger partial charge in [-0.15, -0.1) is 0 Å². The highest BCUT2D eigenvalue weighted by atomic mass is 16.5. The number of Topliss-reactive ketones (excluding diaryl/α,β-unsaturated/α-hetero) is 1. The van der Waals surface area contributed by atoms with E-state index in [2.05, 4.69) is 37.3 Å². The molecular formula is C26H30O3. The van der Waals surface area contributed by atoms with E-state index >= 15 is 0 Å². The molecule has 152 valence electrons. The molecule has 2 saturated carbocycles. The summed E-state index contributed by atoms with van der Waals surface area (Å²) in [5.74, 6) is 2.66. The van der Waals surface area contributed by atoms with E-state index < -0.39 is 0 Å². The first-order valence-electron chi connectivity index (χ1n) is 11.0. The van der Waals surface area contributed by atoms with Crippen molar-refractivity contribution in [3.05, 3.63) is 65.2 Å². The number of aryl methyl sites for hydroxylation is 1. The second-order valence-electron chi connectivity index (χ2n) is 9.49. The number of ketones is 1. The molecule has 3 nitrogen and oxygen atoms in total. The Kier molecular flexibility index (Phi) is 4.74. The number of carbonyl (C=O) groups excluding carboxylic acids is 1. The molecule has 2 fully saturated rings. The Morgan fingerprint density at radius 3 is 2.76 bits per heavy atom. The van der Waals surface area contributed by atoms with Crippen LogP contribution in [0, 0.1) is 23.2 Å². The van der Waals surface area contributed by atoms with Crippen LogP contribution in [-0.2, 0) is 17.8 Å². The van der Waals surface area contributed by atoms with Crippen LogP contribution in [0.5, 0.6) is 5.75 Å². The second-order valence-corrected chi connectivity index (χ2v) is 9.49. The number of aliphatic hydroxyl groups is 1. The van der Waals surface area contributed by atoms with E-state index in [1.54, 1.807) is 0 Å². The van der Waals surface area contributed by atoms with Crippen LogP contribution in [0.2, 0.25) is 0 Å². The maximum Gasteiger partial charge on any atom is 0.144 e. The summed E-state index contributed by atoms with van der Waals surface area (Å²) in [5, 5.41) is 9.68. The Balaban J connectivity index is 1.35. The van der Waals surface area contributed by atoms with Crippen molar-refractivity contribution in [1.82, 2.24) is 0 Å². The lowest BCUT2D eigenvalue weighted by molar-refractivity contribution is -0.132.